The molecule has 0 bridgehead atoms. The Morgan fingerprint density at radius 3 is 3.13 bits per heavy atom. The first-order chi connectivity index (χ1) is 7.25. The maximum absolute atomic E-state index is 11.4. The molecule has 1 fully saturated rings. The highest BCUT2D eigenvalue weighted by Crippen LogP contribution is 2.10. The molecule has 1 atom stereocenters. The second-order valence-corrected chi connectivity index (χ2v) is 3.37. The van der Waals surface area contributed by atoms with Gasteiger partial charge in [0, 0.05) is 13.2 Å². The Kier molecular flexibility index (Phi) is 2.82. The second kappa shape index (κ2) is 4.26. The predicted molar refractivity (Wildman–Crippen MR) is 50.5 cm³/mol. The minimum absolute atomic E-state index is 0.00185. The van der Waals surface area contributed by atoms with E-state index in [2.05, 4.69) is 20.5 Å². The van der Waals surface area contributed by atoms with Crippen LogP contribution in [0.4, 0.5) is 0 Å². The lowest BCUT2D eigenvalue weighted by molar-refractivity contribution is 0.0849. The first kappa shape index (κ1) is 9.91. The van der Waals surface area contributed by atoms with Crippen LogP contribution in [0, 0.1) is 0 Å². The SMILES string of the molecule is O=C(NCC1CCCO1)c1n[nH]c(=O)[nH]1. The fourth-order valence-electron chi connectivity index (χ4n) is 1.47. The van der Waals surface area contributed by atoms with Gasteiger partial charge in [0.2, 0.25) is 5.82 Å². The molecule has 3 N–H and O–H groups in total. The van der Waals surface area contributed by atoms with E-state index in [4.69, 9.17) is 4.74 Å². The number of ether oxygens (including phenoxy) is 1. The van der Waals surface area contributed by atoms with Crippen LogP contribution in [-0.2, 0) is 4.74 Å². The van der Waals surface area contributed by atoms with Crippen LogP contribution in [0.25, 0.3) is 0 Å². The Bertz CT molecular complexity index is 391. The van der Waals surface area contributed by atoms with Crippen LogP contribution in [0.5, 0.6) is 0 Å². The minimum atomic E-state index is -0.489. The molecule has 2 heterocycles. The van der Waals surface area contributed by atoms with Crippen molar-refractivity contribution in [2.75, 3.05) is 13.2 Å². The molecular weight excluding hydrogens is 200 g/mol. The van der Waals surface area contributed by atoms with Gasteiger partial charge in [0.25, 0.3) is 5.91 Å². The van der Waals surface area contributed by atoms with Crippen molar-refractivity contribution in [1.82, 2.24) is 20.5 Å². The summed E-state index contributed by atoms with van der Waals surface area (Å²) in [6.07, 6.45) is 2.07. The average Bonchev–Trinajstić information content (AvgIpc) is 2.84. The predicted octanol–water partition coefficient (Wildman–Crippen LogP) is -0.993. The number of hydrogen-bond donors (Lipinski definition) is 3. The molecule has 2 rings (SSSR count). The van der Waals surface area contributed by atoms with Gasteiger partial charge in [-0.05, 0) is 12.8 Å². The lowest BCUT2D eigenvalue weighted by atomic mass is 10.2. The highest BCUT2D eigenvalue weighted by atomic mass is 16.5. The Labute approximate surface area is 85.2 Å². The third-order valence-corrected chi connectivity index (χ3v) is 2.23. The number of aromatic nitrogens is 3. The van der Waals surface area contributed by atoms with E-state index in [0.29, 0.717) is 6.54 Å². The number of nitrogens with one attached hydrogen (secondary N) is 3. The van der Waals surface area contributed by atoms with Crippen LogP contribution in [-0.4, -0.2) is 40.3 Å². The molecule has 7 heteroatoms. The summed E-state index contributed by atoms with van der Waals surface area (Å²) in [4.78, 5) is 24.3. The van der Waals surface area contributed by atoms with Crippen LogP contribution in [0.15, 0.2) is 4.79 Å². The van der Waals surface area contributed by atoms with Crippen LogP contribution in [0.3, 0.4) is 0 Å². The highest BCUT2D eigenvalue weighted by molar-refractivity contribution is 5.90. The van der Waals surface area contributed by atoms with E-state index in [1.54, 1.807) is 0 Å². The van der Waals surface area contributed by atoms with E-state index in [-0.39, 0.29) is 11.9 Å². The Morgan fingerprint density at radius 2 is 2.53 bits per heavy atom. The molecule has 0 saturated carbocycles. The van der Waals surface area contributed by atoms with Gasteiger partial charge in [-0.3, -0.25) is 9.78 Å². The third kappa shape index (κ3) is 2.44. The summed E-state index contributed by atoms with van der Waals surface area (Å²) in [5.74, 6) is -0.401. The molecule has 1 aliphatic rings. The maximum atomic E-state index is 11.4. The number of carbonyl (C=O) groups excluding carboxylic acids is 1. The number of amides is 1. The first-order valence-electron chi connectivity index (χ1n) is 4.80. The molecule has 1 aromatic heterocycles. The number of carbonyl (C=O) groups is 1. The van der Waals surface area contributed by atoms with Gasteiger partial charge in [0.1, 0.15) is 0 Å². The van der Waals surface area contributed by atoms with Crippen molar-refractivity contribution in [3.63, 3.8) is 0 Å². The number of H-pyrrole nitrogens is 2. The number of nitrogens with zero attached hydrogens (tertiary/aromatic N) is 1. The summed E-state index contributed by atoms with van der Waals surface area (Å²) in [5, 5.41) is 8.28. The van der Waals surface area contributed by atoms with Crippen molar-refractivity contribution in [3.05, 3.63) is 16.3 Å². The minimum Gasteiger partial charge on any atom is -0.376 e. The van der Waals surface area contributed by atoms with Crippen molar-refractivity contribution in [1.29, 1.82) is 0 Å². The van der Waals surface area contributed by atoms with Gasteiger partial charge in [-0.15, -0.1) is 5.10 Å². The van der Waals surface area contributed by atoms with Gasteiger partial charge in [-0.1, -0.05) is 0 Å². The van der Waals surface area contributed by atoms with Crippen LogP contribution in [0.2, 0.25) is 0 Å². The molecule has 7 nitrogen and oxygen atoms in total. The Balaban J connectivity index is 1.84. The van der Waals surface area contributed by atoms with Crippen molar-refractivity contribution in [2.24, 2.45) is 0 Å². The molecule has 1 aliphatic heterocycles. The summed E-state index contributed by atoms with van der Waals surface area (Å²) in [6, 6.07) is 0. The van der Waals surface area contributed by atoms with Gasteiger partial charge < -0.3 is 10.1 Å². The zero-order chi connectivity index (χ0) is 10.7. The van der Waals surface area contributed by atoms with Crippen LogP contribution in [0.1, 0.15) is 23.5 Å². The van der Waals surface area contributed by atoms with Crippen molar-refractivity contribution >= 4 is 5.91 Å². The maximum Gasteiger partial charge on any atom is 0.341 e. The van der Waals surface area contributed by atoms with E-state index in [1.807, 2.05) is 0 Å². The van der Waals surface area contributed by atoms with E-state index in [0.717, 1.165) is 19.4 Å². The van der Waals surface area contributed by atoms with Gasteiger partial charge in [0.05, 0.1) is 6.10 Å². The molecule has 1 amide bonds. The monoisotopic (exact) mass is 212 g/mol. The summed E-state index contributed by atoms with van der Waals surface area (Å²) >= 11 is 0. The Morgan fingerprint density at radius 1 is 1.67 bits per heavy atom. The lowest BCUT2D eigenvalue weighted by Gasteiger charge is -2.08. The highest BCUT2D eigenvalue weighted by Gasteiger charge is 2.17. The topological polar surface area (TPSA) is 99.9 Å². The smallest absolute Gasteiger partial charge is 0.341 e. The fourth-order valence-corrected chi connectivity index (χ4v) is 1.47. The quantitative estimate of drug-likeness (QED) is 0.598. The Hall–Kier alpha value is -1.63. The van der Waals surface area contributed by atoms with E-state index in [1.165, 1.54) is 0 Å². The molecule has 1 saturated heterocycles. The average molecular weight is 212 g/mol. The molecule has 0 aromatic carbocycles. The number of rotatable bonds is 3. The normalized spacial score (nSPS) is 20.4. The zero-order valence-corrected chi connectivity index (χ0v) is 8.08. The summed E-state index contributed by atoms with van der Waals surface area (Å²) in [6.45, 7) is 1.20. The molecule has 0 spiro atoms. The van der Waals surface area contributed by atoms with Crippen molar-refractivity contribution in [3.8, 4) is 0 Å². The molecule has 15 heavy (non-hydrogen) atoms. The molecule has 1 unspecified atom stereocenters. The zero-order valence-electron chi connectivity index (χ0n) is 8.08. The summed E-state index contributed by atoms with van der Waals surface area (Å²) in [5.41, 5.74) is -0.489. The van der Waals surface area contributed by atoms with Crippen LogP contribution >= 0.6 is 0 Å². The number of hydrogen-bond acceptors (Lipinski definition) is 4. The second-order valence-electron chi connectivity index (χ2n) is 3.37. The fraction of sp³-hybridized carbons (Fsp3) is 0.625. The van der Waals surface area contributed by atoms with Gasteiger partial charge >= 0.3 is 5.69 Å². The standard InChI is InChI=1S/C8H12N4O3/c13-7(6-10-8(14)12-11-6)9-4-5-2-1-3-15-5/h5H,1-4H2,(H,9,13)(H2,10,11,12,14). The van der Waals surface area contributed by atoms with E-state index < -0.39 is 11.6 Å². The van der Waals surface area contributed by atoms with Gasteiger partial charge in [-0.25, -0.2) is 9.89 Å². The van der Waals surface area contributed by atoms with Gasteiger partial charge in [-0.2, -0.15) is 0 Å². The van der Waals surface area contributed by atoms with E-state index in [9.17, 15) is 9.59 Å². The molecular formula is C8H12N4O3. The van der Waals surface area contributed by atoms with Crippen LogP contribution < -0.4 is 11.0 Å². The summed E-state index contributed by atoms with van der Waals surface area (Å²) in [7, 11) is 0. The lowest BCUT2D eigenvalue weighted by Crippen LogP contribution is -2.32. The largest absolute Gasteiger partial charge is 0.376 e. The molecule has 1 aromatic rings. The van der Waals surface area contributed by atoms with Crippen molar-refractivity contribution < 1.29 is 9.53 Å². The van der Waals surface area contributed by atoms with Gasteiger partial charge in [0.15, 0.2) is 0 Å². The molecule has 0 aliphatic carbocycles. The summed E-state index contributed by atoms with van der Waals surface area (Å²) < 4.78 is 5.33. The molecule has 82 valence electrons. The van der Waals surface area contributed by atoms with E-state index >= 15 is 0 Å². The first-order valence-corrected chi connectivity index (χ1v) is 4.80. The number of aromatic amines is 2. The third-order valence-electron chi connectivity index (χ3n) is 2.23. The molecule has 0 radical (unpaired) electrons. The van der Waals surface area contributed by atoms with Crippen molar-refractivity contribution in [2.45, 2.75) is 18.9 Å².